The first-order chi connectivity index (χ1) is 14.0. The van der Waals surface area contributed by atoms with E-state index in [1.807, 2.05) is 11.4 Å². The zero-order chi connectivity index (χ0) is 20.8. The SMILES string of the molecule is CCOC(=O)c1c(-c2ccc3c(c2)CCCC3)csc1NC(=O)CCC(=O)OC. The van der Waals surface area contributed by atoms with Crippen LogP contribution in [0.1, 0.15) is 54.1 Å². The summed E-state index contributed by atoms with van der Waals surface area (Å²) in [5, 5.41) is 5.06. The Hall–Kier alpha value is -2.67. The van der Waals surface area contributed by atoms with E-state index in [1.165, 1.54) is 42.4 Å². The highest BCUT2D eigenvalue weighted by Crippen LogP contribution is 2.38. The largest absolute Gasteiger partial charge is 0.469 e. The Kier molecular flexibility index (Phi) is 7.04. The number of hydrogen-bond donors (Lipinski definition) is 1. The summed E-state index contributed by atoms with van der Waals surface area (Å²) < 4.78 is 9.80. The van der Waals surface area contributed by atoms with Crippen molar-refractivity contribution in [2.45, 2.75) is 45.4 Å². The standard InChI is InChI=1S/C22H25NO5S/c1-3-28-22(26)20-17(16-9-8-14-6-4-5-7-15(14)12-16)13-29-21(20)23-18(24)10-11-19(25)27-2/h8-9,12-13H,3-7,10-11H2,1-2H3,(H,23,24). The van der Waals surface area contributed by atoms with Crippen LogP contribution in [0.5, 0.6) is 0 Å². The zero-order valence-corrected chi connectivity index (χ0v) is 17.5. The molecule has 0 radical (unpaired) electrons. The van der Waals surface area contributed by atoms with Gasteiger partial charge in [0, 0.05) is 17.4 Å². The van der Waals surface area contributed by atoms with Crippen molar-refractivity contribution in [2.24, 2.45) is 0 Å². The number of thiophene rings is 1. The van der Waals surface area contributed by atoms with Crippen molar-refractivity contribution in [3.63, 3.8) is 0 Å². The molecule has 0 saturated heterocycles. The smallest absolute Gasteiger partial charge is 0.341 e. The van der Waals surface area contributed by atoms with Crippen LogP contribution >= 0.6 is 11.3 Å². The van der Waals surface area contributed by atoms with Crippen LogP contribution in [-0.2, 0) is 31.9 Å². The molecule has 0 saturated carbocycles. The fraction of sp³-hybridized carbons (Fsp3) is 0.409. The van der Waals surface area contributed by atoms with Gasteiger partial charge in [-0.25, -0.2) is 4.79 Å². The lowest BCUT2D eigenvalue weighted by Crippen LogP contribution is -2.16. The summed E-state index contributed by atoms with van der Waals surface area (Å²) in [4.78, 5) is 36.2. The molecule has 7 heteroatoms. The van der Waals surface area contributed by atoms with E-state index in [0.29, 0.717) is 10.6 Å². The van der Waals surface area contributed by atoms with Gasteiger partial charge in [0.25, 0.3) is 0 Å². The van der Waals surface area contributed by atoms with Gasteiger partial charge < -0.3 is 14.8 Å². The number of benzene rings is 1. The first kappa shape index (κ1) is 21.0. The van der Waals surface area contributed by atoms with E-state index in [1.54, 1.807) is 6.92 Å². The zero-order valence-electron chi connectivity index (χ0n) is 16.7. The lowest BCUT2D eigenvalue weighted by atomic mass is 9.89. The van der Waals surface area contributed by atoms with Gasteiger partial charge in [0.05, 0.1) is 20.1 Å². The van der Waals surface area contributed by atoms with Gasteiger partial charge in [-0.05, 0) is 49.3 Å². The molecular formula is C22H25NO5S. The van der Waals surface area contributed by atoms with E-state index in [-0.39, 0.29) is 25.4 Å². The van der Waals surface area contributed by atoms with Gasteiger partial charge in [-0.3, -0.25) is 9.59 Å². The van der Waals surface area contributed by atoms with Crippen LogP contribution in [0.4, 0.5) is 5.00 Å². The highest BCUT2D eigenvalue weighted by atomic mass is 32.1. The second kappa shape index (κ2) is 9.69. The number of nitrogens with one attached hydrogen (secondary N) is 1. The van der Waals surface area contributed by atoms with Gasteiger partial charge in [0.2, 0.25) is 5.91 Å². The Morgan fingerprint density at radius 1 is 1.10 bits per heavy atom. The summed E-state index contributed by atoms with van der Waals surface area (Å²) in [6.45, 7) is 1.99. The van der Waals surface area contributed by atoms with Crippen LogP contribution in [0.25, 0.3) is 11.1 Å². The van der Waals surface area contributed by atoms with Gasteiger partial charge in [0.15, 0.2) is 0 Å². The van der Waals surface area contributed by atoms with E-state index in [0.717, 1.165) is 24.0 Å². The molecule has 0 atom stereocenters. The second-order valence-electron chi connectivity index (χ2n) is 6.89. The molecule has 0 spiro atoms. The van der Waals surface area contributed by atoms with Gasteiger partial charge in [-0.2, -0.15) is 0 Å². The number of hydrogen-bond acceptors (Lipinski definition) is 6. The van der Waals surface area contributed by atoms with Crippen molar-refractivity contribution in [3.8, 4) is 11.1 Å². The summed E-state index contributed by atoms with van der Waals surface area (Å²) in [5.74, 6) is -1.27. The summed E-state index contributed by atoms with van der Waals surface area (Å²) in [7, 11) is 1.28. The minimum atomic E-state index is -0.468. The first-order valence-corrected chi connectivity index (χ1v) is 10.7. The first-order valence-electron chi connectivity index (χ1n) is 9.81. The molecular weight excluding hydrogens is 390 g/mol. The topological polar surface area (TPSA) is 81.7 Å². The normalized spacial score (nSPS) is 12.8. The van der Waals surface area contributed by atoms with Gasteiger partial charge in [0.1, 0.15) is 10.6 Å². The van der Waals surface area contributed by atoms with Crippen LogP contribution < -0.4 is 5.32 Å². The molecule has 1 aromatic heterocycles. The lowest BCUT2D eigenvalue weighted by Gasteiger charge is -2.17. The van der Waals surface area contributed by atoms with Crippen LogP contribution in [0.3, 0.4) is 0 Å². The quantitative estimate of drug-likeness (QED) is 0.680. The molecule has 1 heterocycles. The number of carbonyl (C=O) groups excluding carboxylic acids is 3. The number of rotatable bonds is 7. The molecule has 154 valence electrons. The van der Waals surface area contributed by atoms with Crippen LogP contribution in [0.2, 0.25) is 0 Å². The molecule has 0 unspecified atom stereocenters. The van der Waals surface area contributed by atoms with Gasteiger partial charge in [-0.15, -0.1) is 11.3 Å². The van der Waals surface area contributed by atoms with Crippen molar-refractivity contribution in [3.05, 3.63) is 40.3 Å². The highest BCUT2D eigenvalue weighted by Gasteiger charge is 2.23. The van der Waals surface area contributed by atoms with E-state index in [4.69, 9.17) is 4.74 Å². The number of aryl methyl sites for hydroxylation is 2. The number of esters is 2. The van der Waals surface area contributed by atoms with Crippen molar-refractivity contribution in [1.29, 1.82) is 0 Å². The molecule has 1 aromatic carbocycles. The third-order valence-corrected chi connectivity index (χ3v) is 5.86. The predicted octanol–water partition coefficient (Wildman–Crippen LogP) is 4.36. The van der Waals surface area contributed by atoms with Crippen molar-refractivity contribution in [1.82, 2.24) is 0 Å². The number of amides is 1. The Morgan fingerprint density at radius 3 is 2.59 bits per heavy atom. The van der Waals surface area contributed by atoms with Crippen molar-refractivity contribution in [2.75, 3.05) is 19.0 Å². The fourth-order valence-corrected chi connectivity index (χ4v) is 4.45. The molecule has 1 amide bonds. The number of methoxy groups -OCH3 is 1. The number of ether oxygens (including phenoxy) is 2. The van der Waals surface area contributed by atoms with Crippen molar-refractivity contribution >= 4 is 34.2 Å². The maximum atomic E-state index is 12.7. The molecule has 0 aliphatic heterocycles. The number of carbonyl (C=O) groups is 3. The van der Waals surface area contributed by atoms with Gasteiger partial charge in [-0.1, -0.05) is 18.2 Å². The highest BCUT2D eigenvalue weighted by molar-refractivity contribution is 7.15. The third-order valence-electron chi connectivity index (χ3n) is 4.97. The van der Waals surface area contributed by atoms with E-state index < -0.39 is 11.9 Å². The van der Waals surface area contributed by atoms with E-state index in [9.17, 15) is 14.4 Å². The minimum absolute atomic E-state index is 0.0129. The molecule has 6 nitrogen and oxygen atoms in total. The van der Waals surface area contributed by atoms with Crippen LogP contribution in [-0.4, -0.2) is 31.6 Å². The fourth-order valence-electron chi connectivity index (χ4n) is 3.48. The molecule has 2 aromatic rings. The maximum Gasteiger partial charge on any atom is 0.341 e. The predicted molar refractivity (Wildman–Crippen MR) is 112 cm³/mol. The number of fused-ring (bicyclic) bond motifs is 1. The van der Waals surface area contributed by atoms with Crippen LogP contribution in [0.15, 0.2) is 23.6 Å². The van der Waals surface area contributed by atoms with E-state index in [2.05, 4.69) is 22.2 Å². The summed E-state index contributed by atoms with van der Waals surface area (Å²) in [6, 6.07) is 6.30. The molecule has 1 N–H and O–H groups in total. The molecule has 3 rings (SSSR count). The third kappa shape index (κ3) is 5.03. The average molecular weight is 416 g/mol. The summed E-state index contributed by atoms with van der Waals surface area (Å²) >= 11 is 1.28. The van der Waals surface area contributed by atoms with Gasteiger partial charge >= 0.3 is 11.9 Å². The molecule has 1 aliphatic carbocycles. The van der Waals surface area contributed by atoms with E-state index >= 15 is 0 Å². The Bertz CT molecular complexity index is 918. The minimum Gasteiger partial charge on any atom is -0.469 e. The van der Waals surface area contributed by atoms with Crippen LogP contribution in [0, 0.1) is 0 Å². The molecule has 0 bridgehead atoms. The monoisotopic (exact) mass is 415 g/mol. The number of anilines is 1. The summed E-state index contributed by atoms with van der Waals surface area (Å²) in [5.41, 5.74) is 4.74. The Labute approximate surface area is 174 Å². The molecule has 29 heavy (non-hydrogen) atoms. The second-order valence-corrected chi connectivity index (χ2v) is 7.77. The molecule has 0 fully saturated rings. The Balaban J connectivity index is 1.89. The maximum absolute atomic E-state index is 12.7. The average Bonchev–Trinajstić information content (AvgIpc) is 3.15. The molecule has 1 aliphatic rings. The lowest BCUT2D eigenvalue weighted by molar-refractivity contribution is -0.141. The van der Waals surface area contributed by atoms with Crippen molar-refractivity contribution < 1.29 is 23.9 Å². The summed E-state index contributed by atoms with van der Waals surface area (Å²) in [6.07, 6.45) is 4.48. The Morgan fingerprint density at radius 2 is 1.86 bits per heavy atom.